The van der Waals surface area contributed by atoms with Crippen molar-refractivity contribution in [3.63, 3.8) is 0 Å². The average Bonchev–Trinajstić information content (AvgIpc) is 3.04. The lowest BCUT2D eigenvalue weighted by molar-refractivity contribution is 0.0959. The minimum atomic E-state index is -0.180. The highest BCUT2D eigenvalue weighted by Crippen LogP contribution is 2.14. The number of hydrogen-bond acceptors (Lipinski definition) is 4. The van der Waals surface area contributed by atoms with E-state index in [-0.39, 0.29) is 5.91 Å². The van der Waals surface area contributed by atoms with Crippen molar-refractivity contribution in [3.8, 4) is 0 Å². The van der Waals surface area contributed by atoms with E-state index < -0.39 is 0 Å². The third kappa shape index (κ3) is 4.16. The van der Waals surface area contributed by atoms with Crippen LogP contribution in [0.15, 0.2) is 46.9 Å². The summed E-state index contributed by atoms with van der Waals surface area (Å²) in [5.74, 6) is -0.180. The molecule has 0 fully saturated rings. The summed E-state index contributed by atoms with van der Waals surface area (Å²) in [5, 5.41) is 5.85. The molecular formula is C16H19N3OS. The zero-order valence-electron chi connectivity index (χ0n) is 12.2. The van der Waals surface area contributed by atoms with E-state index in [0.717, 1.165) is 18.7 Å². The lowest BCUT2D eigenvalue weighted by Gasteiger charge is -2.20. The second kappa shape index (κ2) is 7.59. The molecule has 0 radical (unpaired) electrons. The molecule has 4 nitrogen and oxygen atoms in total. The Morgan fingerprint density at radius 3 is 2.52 bits per heavy atom. The predicted octanol–water partition coefficient (Wildman–Crippen LogP) is 3.36. The molecular weight excluding hydrogens is 282 g/mol. The SMILES string of the molecule is CCN(CC)c1ccc(/C=N\NC(=O)c2cccs2)cc1. The summed E-state index contributed by atoms with van der Waals surface area (Å²) >= 11 is 1.40. The van der Waals surface area contributed by atoms with Crippen molar-refractivity contribution in [2.24, 2.45) is 5.10 Å². The summed E-state index contributed by atoms with van der Waals surface area (Å²) in [5.41, 5.74) is 4.67. The minimum absolute atomic E-state index is 0.180. The molecule has 0 atom stereocenters. The van der Waals surface area contributed by atoms with E-state index in [1.807, 2.05) is 23.6 Å². The Labute approximate surface area is 129 Å². The van der Waals surface area contributed by atoms with Crippen molar-refractivity contribution in [1.82, 2.24) is 5.43 Å². The zero-order valence-corrected chi connectivity index (χ0v) is 13.1. The maximum Gasteiger partial charge on any atom is 0.281 e. The van der Waals surface area contributed by atoms with Gasteiger partial charge in [0.1, 0.15) is 0 Å². The predicted molar refractivity (Wildman–Crippen MR) is 89.4 cm³/mol. The van der Waals surface area contributed by atoms with Crippen molar-refractivity contribution in [2.75, 3.05) is 18.0 Å². The Balaban J connectivity index is 1.94. The van der Waals surface area contributed by atoms with Crippen LogP contribution in [-0.4, -0.2) is 25.2 Å². The van der Waals surface area contributed by atoms with Crippen molar-refractivity contribution < 1.29 is 4.79 Å². The molecule has 0 bridgehead atoms. The Morgan fingerprint density at radius 1 is 1.24 bits per heavy atom. The van der Waals surface area contributed by atoms with Crippen LogP contribution in [0.1, 0.15) is 29.1 Å². The third-order valence-electron chi connectivity index (χ3n) is 3.15. The van der Waals surface area contributed by atoms with E-state index in [1.54, 1.807) is 12.3 Å². The number of thiophene rings is 1. The largest absolute Gasteiger partial charge is 0.372 e. The lowest BCUT2D eigenvalue weighted by atomic mass is 10.2. The molecule has 0 unspecified atom stereocenters. The number of rotatable bonds is 6. The molecule has 1 heterocycles. The summed E-state index contributed by atoms with van der Waals surface area (Å²) in [4.78, 5) is 14.6. The number of anilines is 1. The van der Waals surface area contributed by atoms with Gasteiger partial charge in [-0.3, -0.25) is 4.79 Å². The van der Waals surface area contributed by atoms with Gasteiger partial charge in [-0.05, 0) is 43.0 Å². The Morgan fingerprint density at radius 2 is 1.95 bits per heavy atom. The van der Waals surface area contributed by atoms with Crippen LogP contribution >= 0.6 is 11.3 Å². The van der Waals surface area contributed by atoms with Gasteiger partial charge in [0.25, 0.3) is 5.91 Å². The smallest absolute Gasteiger partial charge is 0.281 e. The van der Waals surface area contributed by atoms with E-state index in [1.165, 1.54) is 17.0 Å². The Hall–Kier alpha value is -2.14. The molecule has 0 saturated carbocycles. The number of amides is 1. The fraction of sp³-hybridized carbons (Fsp3) is 0.250. The van der Waals surface area contributed by atoms with Gasteiger partial charge in [-0.2, -0.15) is 5.10 Å². The highest BCUT2D eigenvalue weighted by atomic mass is 32.1. The molecule has 1 amide bonds. The first-order valence-corrected chi connectivity index (χ1v) is 7.84. The van der Waals surface area contributed by atoms with Crippen molar-refractivity contribution >= 4 is 29.1 Å². The summed E-state index contributed by atoms with van der Waals surface area (Å²) in [7, 11) is 0. The van der Waals surface area contributed by atoms with E-state index in [4.69, 9.17) is 0 Å². The van der Waals surface area contributed by atoms with Crippen LogP contribution in [0, 0.1) is 0 Å². The van der Waals surface area contributed by atoms with Gasteiger partial charge in [0.2, 0.25) is 0 Å². The Bertz CT molecular complexity index is 586. The monoisotopic (exact) mass is 301 g/mol. The zero-order chi connectivity index (χ0) is 15.1. The van der Waals surface area contributed by atoms with E-state index in [2.05, 4.69) is 41.4 Å². The number of nitrogens with one attached hydrogen (secondary N) is 1. The number of nitrogens with zero attached hydrogens (tertiary/aromatic N) is 2. The van der Waals surface area contributed by atoms with Gasteiger partial charge in [-0.25, -0.2) is 5.43 Å². The number of benzene rings is 1. The van der Waals surface area contributed by atoms with Gasteiger partial charge in [0, 0.05) is 18.8 Å². The molecule has 1 aromatic heterocycles. The molecule has 2 aromatic rings. The second-order valence-corrected chi connectivity index (χ2v) is 5.39. The first kappa shape index (κ1) is 15.3. The average molecular weight is 301 g/mol. The van der Waals surface area contributed by atoms with Crippen molar-refractivity contribution in [2.45, 2.75) is 13.8 Å². The number of hydrogen-bond donors (Lipinski definition) is 1. The first-order chi connectivity index (χ1) is 10.2. The van der Waals surface area contributed by atoms with Gasteiger partial charge in [-0.15, -0.1) is 11.3 Å². The molecule has 2 rings (SSSR count). The molecule has 1 aromatic carbocycles. The lowest BCUT2D eigenvalue weighted by Crippen LogP contribution is -2.21. The first-order valence-electron chi connectivity index (χ1n) is 6.96. The molecule has 5 heteroatoms. The van der Waals surface area contributed by atoms with Gasteiger partial charge in [0.15, 0.2) is 0 Å². The highest BCUT2D eigenvalue weighted by Gasteiger charge is 2.04. The molecule has 21 heavy (non-hydrogen) atoms. The molecule has 110 valence electrons. The highest BCUT2D eigenvalue weighted by molar-refractivity contribution is 7.12. The van der Waals surface area contributed by atoms with Crippen molar-refractivity contribution in [3.05, 3.63) is 52.2 Å². The second-order valence-electron chi connectivity index (χ2n) is 4.44. The van der Waals surface area contributed by atoms with Crippen molar-refractivity contribution in [1.29, 1.82) is 0 Å². The van der Waals surface area contributed by atoms with Crippen LogP contribution in [0.5, 0.6) is 0 Å². The van der Waals surface area contributed by atoms with E-state index in [9.17, 15) is 4.79 Å². The number of carbonyl (C=O) groups excluding carboxylic acids is 1. The van der Waals surface area contributed by atoms with E-state index >= 15 is 0 Å². The molecule has 0 saturated heterocycles. The number of hydrazone groups is 1. The molecule has 0 aliphatic heterocycles. The third-order valence-corrected chi connectivity index (χ3v) is 4.01. The van der Waals surface area contributed by atoms with Gasteiger partial charge < -0.3 is 4.90 Å². The summed E-state index contributed by atoms with van der Waals surface area (Å²) in [6, 6.07) is 11.7. The molecule has 0 aliphatic carbocycles. The van der Waals surface area contributed by atoms with E-state index in [0.29, 0.717) is 4.88 Å². The molecule has 0 spiro atoms. The van der Waals surface area contributed by atoms with Crippen LogP contribution in [0.25, 0.3) is 0 Å². The summed E-state index contributed by atoms with van der Waals surface area (Å²) in [6.45, 7) is 6.25. The standard InChI is InChI=1S/C16H19N3OS/c1-3-19(4-2)14-9-7-13(8-10-14)12-17-18-16(20)15-6-5-11-21-15/h5-12H,3-4H2,1-2H3,(H,18,20)/b17-12-. The molecule has 0 aliphatic rings. The Kier molecular flexibility index (Phi) is 5.51. The maximum absolute atomic E-state index is 11.7. The molecule has 1 N–H and O–H groups in total. The van der Waals surface area contributed by atoms with Crippen LogP contribution in [0.2, 0.25) is 0 Å². The van der Waals surface area contributed by atoms with Crippen LogP contribution in [-0.2, 0) is 0 Å². The van der Waals surface area contributed by atoms with Gasteiger partial charge >= 0.3 is 0 Å². The summed E-state index contributed by atoms with van der Waals surface area (Å²) in [6.07, 6.45) is 1.65. The minimum Gasteiger partial charge on any atom is -0.372 e. The van der Waals surface area contributed by atoms with Crippen LogP contribution < -0.4 is 10.3 Å². The topological polar surface area (TPSA) is 44.7 Å². The fourth-order valence-corrected chi connectivity index (χ4v) is 2.60. The normalized spacial score (nSPS) is 10.8. The quantitative estimate of drug-likeness (QED) is 0.657. The van der Waals surface area contributed by atoms with Gasteiger partial charge in [0.05, 0.1) is 11.1 Å². The van der Waals surface area contributed by atoms with Gasteiger partial charge in [-0.1, -0.05) is 18.2 Å². The summed E-state index contributed by atoms with van der Waals surface area (Å²) < 4.78 is 0. The van der Waals surface area contributed by atoms with Crippen LogP contribution in [0.3, 0.4) is 0 Å². The number of carbonyl (C=O) groups is 1. The maximum atomic E-state index is 11.7. The fourth-order valence-electron chi connectivity index (χ4n) is 1.99. The van der Waals surface area contributed by atoms with Crippen LogP contribution in [0.4, 0.5) is 5.69 Å².